The van der Waals surface area contributed by atoms with Gasteiger partial charge < -0.3 is 11.1 Å². The Hall–Kier alpha value is -0.680. The normalized spacial score (nSPS) is 18.5. The molecule has 2 rings (SSSR count). The number of aryl methyl sites for hydroxylation is 1. The summed E-state index contributed by atoms with van der Waals surface area (Å²) in [4.78, 5) is 4.48. The molecule has 5 heteroatoms. The van der Waals surface area contributed by atoms with Crippen LogP contribution in [0, 0.1) is 5.41 Å². The molecule has 0 radical (unpaired) electrons. The Bertz CT molecular complexity index is 344. The van der Waals surface area contributed by atoms with Crippen molar-refractivity contribution >= 4 is 16.7 Å². The van der Waals surface area contributed by atoms with Crippen molar-refractivity contribution < 1.29 is 0 Å². The smallest absolute Gasteiger partial charge is 0.202 e. The first-order chi connectivity index (χ1) is 8.28. The summed E-state index contributed by atoms with van der Waals surface area (Å²) in [5.74, 6) is 0.966. The number of nitrogens with two attached hydrogens (primary N) is 1. The van der Waals surface area contributed by atoms with Gasteiger partial charge in [0.1, 0.15) is 5.82 Å². The number of hydrogen-bond donors (Lipinski definition) is 2. The van der Waals surface area contributed by atoms with Crippen molar-refractivity contribution in [3.8, 4) is 0 Å². The van der Waals surface area contributed by atoms with E-state index in [0.29, 0.717) is 5.41 Å². The molecular weight excluding hydrogens is 232 g/mol. The molecule has 1 aromatic heterocycles. The molecule has 0 spiro atoms. The van der Waals surface area contributed by atoms with Crippen molar-refractivity contribution in [3.05, 3.63) is 5.82 Å². The Morgan fingerprint density at radius 2 is 2.18 bits per heavy atom. The Balaban J connectivity index is 1.87. The van der Waals surface area contributed by atoms with Crippen LogP contribution in [0.4, 0.5) is 5.13 Å². The van der Waals surface area contributed by atoms with Crippen LogP contribution in [0.25, 0.3) is 0 Å². The van der Waals surface area contributed by atoms with E-state index >= 15 is 0 Å². The fourth-order valence-corrected chi connectivity index (χ4v) is 3.10. The number of rotatable bonds is 6. The molecule has 0 aliphatic heterocycles. The van der Waals surface area contributed by atoms with E-state index in [1.165, 1.54) is 37.2 Å². The summed E-state index contributed by atoms with van der Waals surface area (Å²) in [5, 5.41) is 4.37. The minimum atomic E-state index is 0.302. The van der Waals surface area contributed by atoms with Crippen LogP contribution >= 0.6 is 11.5 Å². The van der Waals surface area contributed by atoms with Gasteiger partial charge in [-0.1, -0.05) is 19.8 Å². The Morgan fingerprint density at radius 3 is 2.82 bits per heavy atom. The lowest BCUT2D eigenvalue weighted by molar-refractivity contribution is 0.332. The molecule has 0 amide bonds. The van der Waals surface area contributed by atoms with E-state index in [2.05, 4.69) is 21.6 Å². The second kappa shape index (κ2) is 5.78. The van der Waals surface area contributed by atoms with Gasteiger partial charge in [-0.3, -0.25) is 0 Å². The van der Waals surface area contributed by atoms with Gasteiger partial charge in [0.25, 0.3) is 0 Å². The van der Waals surface area contributed by atoms with E-state index in [0.717, 1.165) is 36.9 Å². The number of aromatic nitrogens is 2. The SMILES string of the molecule is CCCc1nsc(NCC2(CN)CCCC2)n1. The van der Waals surface area contributed by atoms with Gasteiger partial charge in [-0.05, 0) is 31.2 Å². The van der Waals surface area contributed by atoms with Crippen LogP contribution in [-0.2, 0) is 6.42 Å². The maximum absolute atomic E-state index is 5.91. The van der Waals surface area contributed by atoms with E-state index in [4.69, 9.17) is 5.73 Å². The van der Waals surface area contributed by atoms with Crippen LogP contribution in [0.1, 0.15) is 44.9 Å². The van der Waals surface area contributed by atoms with Gasteiger partial charge in [0.2, 0.25) is 5.13 Å². The topological polar surface area (TPSA) is 63.8 Å². The van der Waals surface area contributed by atoms with Gasteiger partial charge in [0.05, 0.1) is 0 Å². The van der Waals surface area contributed by atoms with Gasteiger partial charge in [0.15, 0.2) is 0 Å². The zero-order chi connectivity index (χ0) is 12.1. The molecular formula is C12H22N4S. The standard InChI is InChI=1S/C12H22N4S/c1-2-5-10-15-11(17-16-10)14-9-12(8-13)6-3-4-7-12/h2-9,13H2,1H3,(H,14,15,16). The lowest BCUT2D eigenvalue weighted by Crippen LogP contribution is -2.34. The van der Waals surface area contributed by atoms with Crippen molar-refractivity contribution in [3.63, 3.8) is 0 Å². The second-order valence-electron chi connectivity index (χ2n) is 5.03. The third-order valence-corrected chi connectivity index (χ3v) is 4.36. The van der Waals surface area contributed by atoms with Crippen molar-refractivity contribution in [1.29, 1.82) is 0 Å². The average Bonchev–Trinajstić information content (AvgIpc) is 2.96. The molecule has 1 saturated carbocycles. The maximum atomic E-state index is 5.91. The number of hydrogen-bond acceptors (Lipinski definition) is 5. The summed E-state index contributed by atoms with van der Waals surface area (Å²) in [6.07, 6.45) is 7.20. The first-order valence-corrected chi connectivity index (χ1v) is 7.32. The Kier molecular flexibility index (Phi) is 4.34. The Labute approximate surface area is 107 Å². The van der Waals surface area contributed by atoms with Gasteiger partial charge >= 0.3 is 0 Å². The summed E-state index contributed by atoms with van der Waals surface area (Å²) in [6.45, 7) is 3.88. The van der Waals surface area contributed by atoms with E-state index in [1.807, 2.05) is 0 Å². The number of anilines is 1. The molecule has 0 aromatic carbocycles. The zero-order valence-corrected chi connectivity index (χ0v) is 11.4. The molecule has 96 valence electrons. The van der Waals surface area contributed by atoms with Crippen molar-refractivity contribution in [2.24, 2.45) is 11.1 Å². The molecule has 1 aliphatic carbocycles. The minimum Gasteiger partial charge on any atom is -0.360 e. The molecule has 4 nitrogen and oxygen atoms in total. The minimum absolute atomic E-state index is 0.302. The summed E-state index contributed by atoms with van der Waals surface area (Å²) in [7, 11) is 0. The van der Waals surface area contributed by atoms with Crippen molar-refractivity contribution in [1.82, 2.24) is 9.36 Å². The average molecular weight is 254 g/mol. The van der Waals surface area contributed by atoms with Crippen LogP contribution in [0.3, 0.4) is 0 Å². The van der Waals surface area contributed by atoms with Crippen LogP contribution in [0.15, 0.2) is 0 Å². The van der Waals surface area contributed by atoms with E-state index in [9.17, 15) is 0 Å². The highest BCUT2D eigenvalue weighted by atomic mass is 32.1. The summed E-state index contributed by atoms with van der Waals surface area (Å²) in [5.41, 5.74) is 6.22. The lowest BCUT2D eigenvalue weighted by Gasteiger charge is -2.26. The monoisotopic (exact) mass is 254 g/mol. The molecule has 1 fully saturated rings. The molecule has 0 bridgehead atoms. The quantitative estimate of drug-likeness (QED) is 0.818. The van der Waals surface area contributed by atoms with Gasteiger partial charge in [-0.15, -0.1) is 0 Å². The highest BCUT2D eigenvalue weighted by Gasteiger charge is 2.32. The van der Waals surface area contributed by atoms with Crippen LogP contribution < -0.4 is 11.1 Å². The van der Waals surface area contributed by atoms with Crippen molar-refractivity contribution in [2.75, 3.05) is 18.4 Å². The highest BCUT2D eigenvalue weighted by Crippen LogP contribution is 2.37. The van der Waals surface area contributed by atoms with Crippen LogP contribution in [0.5, 0.6) is 0 Å². The van der Waals surface area contributed by atoms with Gasteiger partial charge in [-0.2, -0.15) is 4.37 Å². The summed E-state index contributed by atoms with van der Waals surface area (Å²) >= 11 is 1.47. The molecule has 0 saturated heterocycles. The zero-order valence-electron chi connectivity index (χ0n) is 10.5. The predicted octanol–water partition coefficient (Wildman–Crippen LogP) is 2.42. The van der Waals surface area contributed by atoms with E-state index in [-0.39, 0.29) is 0 Å². The third kappa shape index (κ3) is 3.16. The predicted molar refractivity (Wildman–Crippen MR) is 72.3 cm³/mol. The van der Waals surface area contributed by atoms with Gasteiger partial charge in [0, 0.05) is 24.5 Å². The lowest BCUT2D eigenvalue weighted by atomic mass is 9.86. The molecule has 0 unspecified atom stereocenters. The van der Waals surface area contributed by atoms with Crippen LogP contribution in [-0.4, -0.2) is 22.4 Å². The second-order valence-corrected chi connectivity index (χ2v) is 5.78. The van der Waals surface area contributed by atoms with E-state index in [1.54, 1.807) is 0 Å². The molecule has 3 N–H and O–H groups in total. The van der Waals surface area contributed by atoms with Crippen molar-refractivity contribution in [2.45, 2.75) is 45.4 Å². The largest absolute Gasteiger partial charge is 0.360 e. The number of nitrogens with one attached hydrogen (secondary N) is 1. The van der Waals surface area contributed by atoms with Crippen LogP contribution in [0.2, 0.25) is 0 Å². The highest BCUT2D eigenvalue weighted by molar-refractivity contribution is 7.09. The fourth-order valence-electron chi connectivity index (χ4n) is 2.49. The molecule has 17 heavy (non-hydrogen) atoms. The third-order valence-electron chi connectivity index (χ3n) is 3.65. The maximum Gasteiger partial charge on any atom is 0.202 e. The van der Waals surface area contributed by atoms with Gasteiger partial charge in [-0.25, -0.2) is 4.98 Å². The summed E-state index contributed by atoms with van der Waals surface area (Å²) < 4.78 is 4.34. The Morgan fingerprint density at radius 1 is 1.41 bits per heavy atom. The molecule has 1 aliphatic rings. The number of nitrogens with zero attached hydrogens (tertiary/aromatic N) is 2. The molecule has 0 atom stereocenters. The first-order valence-electron chi connectivity index (χ1n) is 6.54. The first kappa shape index (κ1) is 12.8. The summed E-state index contributed by atoms with van der Waals surface area (Å²) in [6, 6.07) is 0. The molecule has 1 heterocycles. The van der Waals surface area contributed by atoms with E-state index < -0.39 is 0 Å². The fraction of sp³-hybridized carbons (Fsp3) is 0.833. The molecule has 1 aromatic rings.